The fraction of sp³-hybridized carbons (Fsp3) is 0.676. The third kappa shape index (κ3) is 22.5. The Morgan fingerprint density at radius 3 is 1.14 bits per heavy atom. The van der Waals surface area contributed by atoms with Crippen LogP contribution in [-0.4, -0.2) is 227 Å². The summed E-state index contributed by atoms with van der Waals surface area (Å²) in [5.41, 5.74) is -0.646. The zero-order valence-electron chi connectivity index (χ0n) is 58.5. The lowest BCUT2D eigenvalue weighted by atomic mass is 9.76. The van der Waals surface area contributed by atoms with Crippen molar-refractivity contribution < 1.29 is 68.9 Å². The number of hydrogen-bond acceptors (Lipinski definition) is 15. The largest absolute Gasteiger partial charge is 0.493 e. The number of carboxylic acid groups (broad SMARTS) is 2. The molecule has 516 valence electrons. The number of benzene rings is 2. The van der Waals surface area contributed by atoms with Crippen LogP contribution in [0.1, 0.15) is 122 Å². The van der Waals surface area contributed by atoms with E-state index in [1.807, 2.05) is 158 Å². The SMILES string of the molecule is CN[C@H](C(=O)N[C@H](C(=O)N(C)[C@H](/C=C(\C)C(=O)O)C(C)C)C(C)(C)C)C(C)(C)c1cccc(OCCS(C)(CCO)(CCO)(CCO)CCO)c1.CN[C@H](C(=O)N[C@H](C(=O)N(C)[C@H](/C=C(\C)C(=O)O)C(C)C)C(C)(C)C)C(C)(C)c1cccc(OCCSC)c1. The lowest BCUT2D eigenvalue weighted by Crippen LogP contribution is -2.61. The van der Waals surface area contributed by atoms with Crippen molar-refractivity contribution in [1.82, 2.24) is 31.1 Å². The number of aliphatic hydroxyl groups excluding tert-OH is 4. The van der Waals surface area contributed by atoms with Crippen molar-refractivity contribution in [3.05, 3.63) is 83.0 Å². The van der Waals surface area contributed by atoms with Crippen LogP contribution >= 0.6 is 20.1 Å². The van der Waals surface area contributed by atoms with Crippen molar-refractivity contribution in [2.75, 3.05) is 115 Å². The van der Waals surface area contributed by atoms with E-state index in [1.165, 1.54) is 18.7 Å². The van der Waals surface area contributed by atoms with Crippen LogP contribution in [0.25, 0.3) is 0 Å². The second-order valence-corrected chi connectivity index (χ2v) is 38.8. The number of carbonyl (C=O) groups excluding carboxylic acids is 4. The Morgan fingerprint density at radius 1 is 0.556 bits per heavy atom. The van der Waals surface area contributed by atoms with E-state index >= 15 is 0 Å². The van der Waals surface area contributed by atoms with E-state index in [2.05, 4.69) is 21.3 Å². The van der Waals surface area contributed by atoms with Crippen LogP contribution in [0.5, 0.6) is 11.5 Å². The number of likely N-dealkylation sites (N-methyl/N-ethyl adjacent to an activating group) is 4. The molecule has 2 aromatic rings. The summed E-state index contributed by atoms with van der Waals surface area (Å²) in [4.78, 5) is 81.8. The predicted molar refractivity (Wildman–Crippen MR) is 369 cm³/mol. The Bertz CT molecular complexity index is 2710. The highest BCUT2D eigenvalue weighted by molar-refractivity contribution is 8.64. The summed E-state index contributed by atoms with van der Waals surface area (Å²) in [6, 6.07) is 11.1. The average Bonchev–Trinajstić information content (AvgIpc) is 0.704. The number of amides is 4. The molecule has 0 radical (unpaired) electrons. The molecule has 0 aliphatic rings. The van der Waals surface area contributed by atoms with E-state index < -0.39 is 78.1 Å². The number of aliphatic carboxylic acids is 2. The topological polar surface area (TPSA) is 297 Å². The van der Waals surface area contributed by atoms with Gasteiger partial charge in [-0.1, -0.05) is 133 Å². The fourth-order valence-electron chi connectivity index (χ4n) is 11.7. The van der Waals surface area contributed by atoms with Crippen molar-refractivity contribution in [1.29, 1.82) is 0 Å². The monoisotopic (exact) mass is 1310 g/mol. The first kappa shape index (κ1) is 82.8. The lowest BCUT2D eigenvalue weighted by molar-refractivity contribution is -0.141. The second kappa shape index (κ2) is 34.6. The summed E-state index contributed by atoms with van der Waals surface area (Å²) >= 11 is 1.71. The van der Waals surface area contributed by atoms with Gasteiger partial charge in [0.2, 0.25) is 23.6 Å². The number of ether oxygens (including phenoxy) is 2. The van der Waals surface area contributed by atoms with Gasteiger partial charge < -0.3 is 71.2 Å². The molecule has 22 heteroatoms. The van der Waals surface area contributed by atoms with Gasteiger partial charge in [0.25, 0.3) is 0 Å². The van der Waals surface area contributed by atoms with E-state index in [-0.39, 0.29) is 79.6 Å². The third-order valence-electron chi connectivity index (χ3n) is 18.2. The number of rotatable bonds is 36. The van der Waals surface area contributed by atoms with E-state index in [0.29, 0.717) is 41.1 Å². The molecule has 0 saturated heterocycles. The molecule has 0 unspecified atom stereocenters. The molecule has 0 heterocycles. The first-order valence-corrected chi connectivity index (χ1v) is 36.3. The molecule has 0 fully saturated rings. The first-order valence-electron chi connectivity index (χ1n) is 31.2. The minimum absolute atomic E-state index is 0.0287. The zero-order valence-corrected chi connectivity index (χ0v) is 60.2. The van der Waals surface area contributed by atoms with Crippen LogP contribution in [0.3, 0.4) is 0 Å². The Morgan fingerprint density at radius 2 is 0.878 bits per heavy atom. The molecule has 0 aliphatic carbocycles. The Labute approximate surface area is 542 Å². The Hall–Kier alpha value is -5.20. The molecule has 20 nitrogen and oxygen atoms in total. The van der Waals surface area contributed by atoms with Crippen molar-refractivity contribution >= 4 is 55.6 Å². The summed E-state index contributed by atoms with van der Waals surface area (Å²) < 4.78 is 12.2. The zero-order chi connectivity index (χ0) is 69.6. The van der Waals surface area contributed by atoms with E-state index in [0.717, 1.165) is 22.6 Å². The summed E-state index contributed by atoms with van der Waals surface area (Å²) in [5, 5.41) is 71.6. The highest BCUT2D eigenvalue weighted by atomic mass is 32.4. The minimum Gasteiger partial charge on any atom is -0.493 e. The minimum atomic E-state index is -3.37. The van der Waals surface area contributed by atoms with Gasteiger partial charge in [-0.15, -0.1) is 0 Å². The smallest absolute Gasteiger partial charge is 0.331 e. The third-order valence-corrected chi connectivity index (χ3v) is 27.4. The molecular formula is C68H118N6O14S2. The van der Waals surface area contributed by atoms with Gasteiger partial charge in [-0.25, -0.2) is 9.59 Å². The van der Waals surface area contributed by atoms with Crippen LogP contribution in [0.15, 0.2) is 71.8 Å². The van der Waals surface area contributed by atoms with Gasteiger partial charge in [-0.05, 0) is 122 Å². The number of hydrogen-bond donors (Lipinski definition) is 10. The highest BCUT2D eigenvalue weighted by Gasteiger charge is 2.55. The molecule has 90 heavy (non-hydrogen) atoms. The highest BCUT2D eigenvalue weighted by Crippen LogP contribution is 2.85. The van der Waals surface area contributed by atoms with Gasteiger partial charge in [0.05, 0.1) is 37.4 Å². The normalized spacial score (nSPS) is 15.6. The Kier molecular flexibility index (Phi) is 31.9. The quantitative estimate of drug-likeness (QED) is 0.0248. The summed E-state index contributed by atoms with van der Waals surface area (Å²) in [6.07, 6.45) is 7.24. The molecular weight excluding hydrogens is 1190 g/mol. The number of aliphatic hydroxyl groups is 4. The maximum Gasteiger partial charge on any atom is 0.331 e. The second-order valence-electron chi connectivity index (χ2n) is 28.8. The van der Waals surface area contributed by atoms with E-state index in [1.54, 1.807) is 57.0 Å². The molecule has 0 aromatic heterocycles. The standard InChI is InChI=1S/C38H69N3O9S.C30H49N3O5S/c1-27(2)31(25-28(3)36(48)49)41(10)35(47)33(37(4,5)6)40-34(46)32(39-9)38(7,8)29-13-12-14-30(26-29)50-19-24-51(11,20-15-42,21-16-43,22-17-44)23-18-45;1-19(2)23(17-20(3)28(36)37)33(10)27(35)25(29(4,5)6)32-26(34)24(31-9)30(7,8)21-13-12-14-22(18-21)38-15-16-39-11/h12-14,25-27,31-33,39,42-45H,15-24H2,1-11H3,(H,40,46)(H,48,49);12-14,17-19,23-25,31H,15-16H2,1-11H3,(H,32,34)(H,36,37)/b28-25+;20-17+/t31-,32-,33-;23-,24-,25-/m11/s1. The molecule has 6 atom stereocenters. The average molecular weight is 1310 g/mol. The fourth-order valence-corrected chi connectivity index (χ4v) is 17.5. The number of nitrogens with zero attached hydrogens (tertiary/aromatic N) is 2. The van der Waals surface area contributed by atoms with Crippen molar-refractivity contribution in [2.24, 2.45) is 22.7 Å². The van der Waals surface area contributed by atoms with Gasteiger partial charge in [-0.2, -0.15) is 11.8 Å². The maximum absolute atomic E-state index is 14.1. The van der Waals surface area contributed by atoms with Crippen LogP contribution in [0, 0.1) is 22.7 Å². The summed E-state index contributed by atoms with van der Waals surface area (Å²) in [6.45, 7) is 30.2. The van der Waals surface area contributed by atoms with Crippen LogP contribution in [-0.2, 0) is 39.6 Å². The van der Waals surface area contributed by atoms with Gasteiger partial charge in [0, 0.05) is 74.0 Å². The van der Waals surface area contributed by atoms with Gasteiger partial charge >= 0.3 is 11.9 Å². The van der Waals surface area contributed by atoms with Crippen LogP contribution < -0.4 is 30.7 Å². The number of nitrogens with one attached hydrogen (secondary N) is 4. The molecule has 0 saturated carbocycles. The van der Waals surface area contributed by atoms with Crippen LogP contribution in [0.4, 0.5) is 0 Å². The number of carboxylic acids is 2. The molecule has 2 aromatic carbocycles. The maximum atomic E-state index is 14.1. The van der Waals surface area contributed by atoms with E-state index in [4.69, 9.17) is 9.47 Å². The van der Waals surface area contributed by atoms with Crippen molar-refractivity contribution in [3.63, 3.8) is 0 Å². The lowest BCUT2D eigenvalue weighted by Gasteiger charge is -2.77. The van der Waals surface area contributed by atoms with Gasteiger partial charge in [-0.3, -0.25) is 27.5 Å². The summed E-state index contributed by atoms with van der Waals surface area (Å²) in [5.74, 6) is 0.693. The van der Waals surface area contributed by atoms with Crippen molar-refractivity contribution in [2.45, 2.75) is 158 Å². The summed E-state index contributed by atoms with van der Waals surface area (Å²) in [7, 11) is 3.34. The molecule has 2 rings (SSSR count). The Balaban J connectivity index is 0.000000933. The molecule has 0 spiro atoms. The molecule has 10 N–H and O–H groups in total. The van der Waals surface area contributed by atoms with Crippen LogP contribution in [0.2, 0.25) is 0 Å². The number of thioether (sulfide) groups is 1. The molecule has 0 aliphatic heterocycles. The van der Waals surface area contributed by atoms with E-state index in [9.17, 15) is 59.4 Å². The number of carbonyl (C=O) groups is 6. The molecule has 4 amide bonds. The molecule has 0 bridgehead atoms. The van der Waals surface area contributed by atoms with Crippen molar-refractivity contribution in [3.8, 4) is 11.5 Å². The predicted octanol–water partition coefficient (Wildman–Crippen LogP) is 6.79. The first-order chi connectivity index (χ1) is 41.4. The van der Waals surface area contributed by atoms with Gasteiger partial charge in [0.1, 0.15) is 23.6 Å². The van der Waals surface area contributed by atoms with Gasteiger partial charge in [0.15, 0.2) is 0 Å².